The van der Waals surface area contributed by atoms with E-state index in [1.54, 1.807) is 0 Å². The minimum Gasteiger partial charge on any atom is -0.392 e. The van der Waals surface area contributed by atoms with Crippen LogP contribution in [0.5, 0.6) is 0 Å². The molecular weight excluding hydrogens is 256 g/mol. The Morgan fingerprint density at radius 3 is 2.79 bits per heavy atom. The van der Waals surface area contributed by atoms with Gasteiger partial charge < -0.3 is 11.1 Å². The van der Waals surface area contributed by atoms with Gasteiger partial charge in [0, 0.05) is 5.92 Å². The lowest BCUT2D eigenvalue weighted by Gasteiger charge is -2.25. The van der Waals surface area contributed by atoms with Crippen LogP contribution in [0.1, 0.15) is 30.9 Å². The first-order chi connectivity index (χ1) is 9.11. The van der Waals surface area contributed by atoms with Gasteiger partial charge in [-0.25, -0.2) is 0 Å². The minimum atomic E-state index is -0.181. The smallest absolute Gasteiger partial charge is 0.224 e. The van der Waals surface area contributed by atoms with Crippen molar-refractivity contribution in [2.24, 2.45) is 11.7 Å². The van der Waals surface area contributed by atoms with Crippen molar-refractivity contribution in [2.45, 2.75) is 38.6 Å². The summed E-state index contributed by atoms with van der Waals surface area (Å²) in [6.45, 7) is 1.97. The fraction of sp³-hybridized carbons (Fsp3) is 0.467. The van der Waals surface area contributed by atoms with Crippen LogP contribution < -0.4 is 11.1 Å². The van der Waals surface area contributed by atoms with E-state index in [0.29, 0.717) is 4.99 Å². The molecule has 1 amide bonds. The number of amides is 1. The molecule has 0 spiro atoms. The van der Waals surface area contributed by atoms with Crippen molar-refractivity contribution in [2.75, 3.05) is 0 Å². The van der Waals surface area contributed by atoms with Crippen molar-refractivity contribution in [3.8, 4) is 0 Å². The number of nitrogens with two attached hydrogens (primary N) is 1. The maximum absolute atomic E-state index is 12.3. The van der Waals surface area contributed by atoms with Crippen molar-refractivity contribution < 1.29 is 4.79 Å². The molecular formula is C15H20N2OS. The second kappa shape index (κ2) is 6.15. The molecule has 2 atom stereocenters. The van der Waals surface area contributed by atoms with E-state index in [4.69, 9.17) is 18.0 Å². The molecule has 3 nitrogen and oxygen atoms in total. The molecule has 1 aromatic carbocycles. The SMILES string of the molecule is CCC(NC(=O)C1CCc2ccccc2C1)C(N)=S. The summed E-state index contributed by atoms with van der Waals surface area (Å²) in [4.78, 5) is 12.6. The van der Waals surface area contributed by atoms with Crippen molar-refractivity contribution in [3.05, 3.63) is 35.4 Å². The van der Waals surface area contributed by atoms with Gasteiger partial charge in [0.15, 0.2) is 0 Å². The summed E-state index contributed by atoms with van der Waals surface area (Å²) in [5, 5.41) is 2.96. The molecule has 19 heavy (non-hydrogen) atoms. The lowest BCUT2D eigenvalue weighted by Crippen LogP contribution is -2.46. The fourth-order valence-corrected chi connectivity index (χ4v) is 2.81. The van der Waals surface area contributed by atoms with Crippen molar-refractivity contribution in [1.29, 1.82) is 0 Å². The molecule has 4 heteroatoms. The van der Waals surface area contributed by atoms with Gasteiger partial charge in [-0.05, 0) is 36.8 Å². The van der Waals surface area contributed by atoms with Crippen LogP contribution in [-0.4, -0.2) is 16.9 Å². The van der Waals surface area contributed by atoms with Gasteiger partial charge in [-0.2, -0.15) is 0 Å². The average molecular weight is 276 g/mol. The highest BCUT2D eigenvalue weighted by molar-refractivity contribution is 7.80. The third kappa shape index (κ3) is 3.32. The Kier molecular flexibility index (Phi) is 4.53. The molecule has 1 aliphatic rings. The number of hydrogen-bond donors (Lipinski definition) is 2. The van der Waals surface area contributed by atoms with Crippen LogP contribution in [0.4, 0.5) is 0 Å². The van der Waals surface area contributed by atoms with E-state index in [0.717, 1.165) is 25.7 Å². The molecule has 1 aliphatic carbocycles. The first kappa shape index (κ1) is 14.0. The van der Waals surface area contributed by atoms with Gasteiger partial charge in [0.2, 0.25) is 5.91 Å². The van der Waals surface area contributed by atoms with E-state index >= 15 is 0 Å². The van der Waals surface area contributed by atoms with Crippen LogP contribution >= 0.6 is 12.2 Å². The molecule has 0 aliphatic heterocycles. The maximum Gasteiger partial charge on any atom is 0.224 e. The largest absolute Gasteiger partial charge is 0.392 e. The van der Waals surface area contributed by atoms with Gasteiger partial charge in [0.05, 0.1) is 11.0 Å². The van der Waals surface area contributed by atoms with Crippen LogP contribution in [0, 0.1) is 5.92 Å². The van der Waals surface area contributed by atoms with Crippen molar-refractivity contribution in [3.63, 3.8) is 0 Å². The maximum atomic E-state index is 12.3. The number of rotatable bonds is 4. The number of thiocarbonyl (C=S) groups is 1. The Balaban J connectivity index is 2.01. The third-order valence-corrected chi connectivity index (χ3v) is 4.07. The lowest BCUT2D eigenvalue weighted by molar-refractivity contribution is -0.125. The molecule has 0 saturated carbocycles. The number of aryl methyl sites for hydroxylation is 1. The van der Waals surface area contributed by atoms with Crippen LogP contribution in [0.15, 0.2) is 24.3 Å². The highest BCUT2D eigenvalue weighted by Crippen LogP contribution is 2.25. The summed E-state index contributed by atoms with van der Waals surface area (Å²) in [6, 6.07) is 8.16. The fourth-order valence-electron chi connectivity index (χ4n) is 2.59. The Bertz CT molecular complexity index is 487. The van der Waals surface area contributed by atoms with Gasteiger partial charge in [-0.15, -0.1) is 0 Å². The van der Waals surface area contributed by atoms with Crippen molar-refractivity contribution in [1.82, 2.24) is 5.32 Å². The highest BCUT2D eigenvalue weighted by Gasteiger charge is 2.26. The Labute approximate surface area is 119 Å². The summed E-state index contributed by atoms with van der Waals surface area (Å²) in [5.41, 5.74) is 8.28. The van der Waals surface area contributed by atoms with E-state index in [1.807, 2.05) is 13.0 Å². The molecule has 0 heterocycles. The van der Waals surface area contributed by atoms with E-state index in [-0.39, 0.29) is 17.9 Å². The first-order valence-corrected chi connectivity index (χ1v) is 7.19. The van der Waals surface area contributed by atoms with Crippen LogP contribution in [-0.2, 0) is 17.6 Å². The van der Waals surface area contributed by atoms with E-state index in [2.05, 4.69) is 23.5 Å². The van der Waals surface area contributed by atoms with E-state index < -0.39 is 0 Å². The first-order valence-electron chi connectivity index (χ1n) is 6.78. The number of nitrogens with one attached hydrogen (secondary N) is 1. The topological polar surface area (TPSA) is 55.1 Å². The second-order valence-corrected chi connectivity index (χ2v) is 5.55. The number of hydrogen-bond acceptors (Lipinski definition) is 2. The van der Waals surface area contributed by atoms with Crippen LogP contribution in [0.25, 0.3) is 0 Å². The van der Waals surface area contributed by atoms with E-state index in [1.165, 1.54) is 11.1 Å². The van der Waals surface area contributed by atoms with Gasteiger partial charge in [-0.1, -0.05) is 43.4 Å². The zero-order valence-electron chi connectivity index (χ0n) is 11.2. The molecule has 0 fully saturated rings. The standard InChI is InChI=1S/C15H20N2OS/c1-2-13(14(16)19)17-15(18)12-8-7-10-5-3-4-6-11(10)9-12/h3-6,12-13H,2,7-9H2,1H3,(H2,16,19)(H,17,18). The summed E-state index contributed by atoms with van der Waals surface area (Å²) in [6.07, 6.45) is 3.43. The van der Waals surface area contributed by atoms with Crippen molar-refractivity contribution >= 4 is 23.1 Å². The van der Waals surface area contributed by atoms with Gasteiger partial charge in [-0.3, -0.25) is 4.79 Å². The highest BCUT2D eigenvalue weighted by atomic mass is 32.1. The molecule has 1 aromatic rings. The molecule has 3 N–H and O–H groups in total. The quantitative estimate of drug-likeness (QED) is 0.827. The zero-order valence-corrected chi connectivity index (χ0v) is 12.0. The number of benzene rings is 1. The molecule has 102 valence electrons. The molecule has 2 unspecified atom stereocenters. The zero-order chi connectivity index (χ0) is 13.8. The van der Waals surface area contributed by atoms with E-state index in [9.17, 15) is 4.79 Å². The summed E-state index contributed by atoms with van der Waals surface area (Å²) >= 11 is 4.96. The predicted molar refractivity (Wildman–Crippen MR) is 81.0 cm³/mol. The second-order valence-electron chi connectivity index (χ2n) is 5.08. The lowest BCUT2D eigenvalue weighted by atomic mass is 9.83. The van der Waals surface area contributed by atoms with Crippen LogP contribution in [0.3, 0.4) is 0 Å². The molecule has 0 bridgehead atoms. The number of carbonyl (C=O) groups excluding carboxylic acids is 1. The number of fused-ring (bicyclic) bond motifs is 1. The minimum absolute atomic E-state index is 0.0401. The van der Waals surface area contributed by atoms with Gasteiger partial charge >= 0.3 is 0 Å². The summed E-state index contributed by atoms with van der Waals surface area (Å²) in [5.74, 6) is 0.118. The molecule has 0 radical (unpaired) electrons. The Morgan fingerprint density at radius 1 is 1.47 bits per heavy atom. The van der Waals surface area contributed by atoms with Crippen LogP contribution in [0.2, 0.25) is 0 Å². The molecule has 0 aromatic heterocycles. The monoisotopic (exact) mass is 276 g/mol. The average Bonchev–Trinajstić information content (AvgIpc) is 2.43. The Morgan fingerprint density at radius 2 is 2.16 bits per heavy atom. The summed E-state index contributed by atoms with van der Waals surface area (Å²) in [7, 11) is 0. The third-order valence-electron chi connectivity index (χ3n) is 3.79. The predicted octanol–water partition coefficient (Wildman–Crippen LogP) is 1.97. The van der Waals surface area contributed by atoms with Gasteiger partial charge in [0.1, 0.15) is 0 Å². The molecule has 2 rings (SSSR count). The number of carbonyl (C=O) groups is 1. The normalized spacial score (nSPS) is 19.3. The molecule has 0 saturated heterocycles. The Hall–Kier alpha value is -1.42. The summed E-state index contributed by atoms with van der Waals surface area (Å²) < 4.78 is 0. The van der Waals surface area contributed by atoms with Gasteiger partial charge in [0.25, 0.3) is 0 Å².